The first-order chi connectivity index (χ1) is 10.1. The summed E-state index contributed by atoms with van der Waals surface area (Å²) in [5.41, 5.74) is 2.64. The minimum absolute atomic E-state index is 0.151. The van der Waals surface area contributed by atoms with Crippen LogP contribution < -0.4 is 10.7 Å². The van der Waals surface area contributed by atoms with E-state index in [9.17, 15) is 14.9 Å². The third-order valence-electron chi connectivity index (χ3n) is 2.94. The fourth-order valence-electron chi connectivity index (χ4n) is 1.91. The molecule has 1 aromatic rings. The number of anilines is 1. The van der Waals surface area contributed by atoms with Gasteiger partial charge < -0.3 is 10.1 Å². The van der Waals surface area contributed by atoms with Crippen molar-refractivity contribution in [1.29, 1.82) is 0 Å². The Labute approximate surface area is 121 Å². The Morgan fingerprint density at radius 1 is 1.52 bits per heavy atom. The first-order valence-corrected chi connectivity index (χ1v) is 6.63. The molecule has 0 aliphatic carbocycles. The summed E-state index contributed by atoms with van der Waals surface area (Å²) in [7, 11) is 0. The van der Waals surface area contributed by atoms with E-state index >= 15 is 0 Å². The second-order valence-corrected chi connectivity index (χ2v) is 4.42. The van der Waals surface area contributed by atoms with Crippen molar-refractivity contribution in [3.05, 3.63) is 27.9 Å². The maximum Gasteiger partial charge on any atom is 0.288 e. The van der Waals surface area contributed by atoms with Crippen LogP contribution in [0.5, 0.6) is 0 Å². The predicted molar refractivity (Wildman–Crippen MR) is 74.9 cm³/mol. The lowest BCUT2D eigenvalue weighted by Crippen LogP contribution is -2.48. The molecule has 0 spiro atoms. The SMILES string of the molecule is CCNc1ncc([N+](=O)[O-])cc1C(=O)NN1CCOCC1. The molecule has 1 aromatic heterocycles. The molecule has 2 heterocycles. The number of carbonyl (C=O) groups excluding carboxylic acids is 1. The Hall–Kier alpha value is -2.26. The van der Waals surface area contributed by atoms with Gasteiger partial charge in [0.25, 0.3) is 11.6 Å². The number of nitrogens with one attached hydrogen (secondary N) is 2. The number of hydrazine groups is 1. The predicted octanol–water partition coefficient (Wildman–Crippen LogP) is 0.399. The molecule has 1 aliphatic heterocycles. The minimum Gasteiger partial charge on any atom is -0.379 e. The fourth-order valence-corrected chi connectivity index (χ4v) is 1.91. The molecule has 2 rings (SSSR count). The summed E-state index contributed by atoms with van der Waals surface area (Å²) in [6.45, 7) is 4.63. The zero-order valence-electron chi connectivity index (χ0n) is 11.7. The van der Waals surface area contributed by atoms with E-state index in [2.05, 4.69) is 15.7 Å². The Balaban J connectivity index is 2.19. The topological polar surface area (TPSA) is 110 Å². The molecule has 21 heavy (non-hydrogen) atoms. The van der Waals surface area contributed by atoms with Gasteiger partial charge in [-0.15, -0.1) is 0 Å². The van der Waals surface area contributed by atoms with Crippen molar-refractivity contribution in [3.8, 4) is 0 Å². The zero-order valence-corrected chi connectivity index (χ0v) is 11.7. The van der Waals surface area contributed by atoms with Crippen LogP contribution in [0.25, 0.3) is 0 Å². The highest BCUT2D eigenvalue weighted by atomic mass is 16.6. The minimum atomic E-state index is -0.575. The molecular formula is C12H17N5O4. The van der Waals surface area contributed by atoms with Crippen LogP contribution in [0, 0.1) is 10.1 Å². The third kappa shape index (κ3) is 3.86. The van der Waals surface area contributed by atoms with Crippen LogP contribution >= 0.6 is 0 Å². The van der Waals surface area contributed by atoms with Gasteiger partial charge in [-0.1, -0.05) is 0 Å². The van der Waals surface area contributed by atoms with E-state index in [1.54, 1.807) is 5.01 Å². The summed E-state index contributed by atoms with van der Waals surface area (Å²) in [6.07, 6.45) is 1.13. The van der Waals surface area contributed by atoms with Crippen molar-refractivity contribution in [2.45, 2.75) is 6.92 Å². The highest BCUT2D eigenvalue weighted by Gasteiger charge is 2.20. The number of hydrogen-bond donors (Lipinski definition) is 2. The van der Waals surface area contributed by atoms with Gasteiger partial charge in [-0.05, 0) is 6.92 Å². The average Bonchev–Trinajstić information content (AvgIpc) is 2.48. The Kier molecular flexibility index (Phi) is 5.01. The van der Waals surface area contributed by atoms with Crippen LogP contribution in [0.15, 0.2) is 12.3 Å². The van der Waals surface area contributed by atoms with Crippen molar-refractivity contribution in [3.63, 3.8) is 0 Å². The number of morpholine rings is 1. The number of amides is 1. The summed E-state index contributed by atoms with van der Waals surface area (Å²) in [6, 6.07) is 1.22. The van der Waals surface area contributed by atoms with Crippen LogP contribution in [0.3, 0.4) is 0 Å². The van der Waals surface area contributed by atoms with Gasteiger partial charge >= 0.3 is 0 Å². The molecule has 114 valence electrons. The number of hydrogen-bond acceptors (Lipinski definition) is 7. The molecule has 0 bridgehead atoms. The molecule has 1 fully saturated rings. The van der Waals surface area contributed by atoms with Crippen molar-refractivity contribution < 1.29 is 14.5 Å². The van der Waals surface area contributed by atoms with E-state index in [4.69, 9.17) is 4.74 Å². The molecular weight excluding hydrogens is 278 g/mol. The highest BCUT2D eigenvalue weighted by molar-refractivity contribution is 5.99. The lowest BCUT2D eigenvalue weighted by molar-refractivity contribution is -0.385. The summed E-state index contributed by atoms with van der Waals surface area (Å²) >= 11 is 0. The summed E-state index contributed by atoms with van der Waals surface area (Å²) in [4.78, 5) is 26.5. The molecule has 0 unspecified atom stereocenters. The number of rotatable bonds is 5. The van der Waals surface area contributed by atoms with E-state index in [-0.39, 0.29) is 11.3 Å². The van der Waals surface area contributed by atoms with Crippen LogP contribution in [-0.2, 0) is 4.74 Å². The van der Waals surface area contributed by atoms with Gasteiger partial charge in [-0.2, -0.15) is 0 Å². The molecule has 2 N–H and O–H groups in total. The van der Waals surface area contributed by atoms with Crippen LogP contribution in [-0.4, -0.2) is 53.7 Å². The van der Waals surface area contributed by atoms with Gasteiger partial charge in [0.1, 0.15) is 12.0 Å². The van der Waals surface area contributed by atoms with Gasteiger partial charge in [0.2, 0.25) is 0 Å². The number of carbonyl (C=O) groups is 1. The van der Waals surface area contributed by atoms with E-state index in [0.717, 1.165) is 6.20 Å². The maximum absolute atomic E-state index is 12.3. The number of pyridine rings is 1. The number of nitro groups is 1. The normalized spacial score (nSPS) is 15.5. The Morgan fingerprint density at radius 2 is 2.24 bits per heavy atom. The van der Waals surface area contributed by atoms with Crippen molar-refractivity contribution in [1.82, 2.24) is 15.4 Å². The standard InChI is InChI=1S/C12H17N5O4/c1-2-13-11-10(7-9(8-14-11)17(19)20)12(18)15-16-3-5-21-6-4-16/h7-8H,2-6H2,1H3,(H,13,14)(H,15,18). The first kappa shape index (κ1) is 15.1. The fraction of sp³-hybridized carbons (Fsp3) is 0.500. The number of aromatic nitrogens is 1. The molecule has 1 amide bonds. The van der Waals surface area contributed by atoms with E-state index in [1.165, 1.54) is 6.07 Å². The van der Waals surface area contributed by atoms with Crippen LogP contribution in [0.4, 0.5) is 11.5 Å². The Morgan fingerprint density at radius 3 is 2.86 bits per heavy atom. The lowest BCUT2D eigenvalue weighted by Gasteiger charge is -2.27. The second-order valence-electron chi connectivity index (χ2n) is 4.42. The molecule has 1 aliphatic rings. The first-order valence-electron chi connectivity index (χ1n) is 6.63. The Bertz CT molecular complexity index is 530. The third-order valence-corrected chi connectivity index (χ3v) is 2.94. The molecule has 1 saturated heterocycles. The van der Waals surface area contributed by atoms with Crippen molar-refractivity contribution >= 4 is 17.4 Å². The molecule has 0 aromatic carbocycles. The van der Waals surface area contributed by atoms with Crippen molar-refractivity contribution in [2.75, 3.05) is 38.2 Å². The zero-order chi connectivity index (χ0) is 15.2. The van der Waals surface area contributed by atoms with E-state index in [1.807, 2.05) is 6.92 Å². The summed E-state index contributed by atoms with van der Waals surface area (Å²) < 4.78 is 5.19. The molecule has 0 saturated carbocycles. The van der Waals surface area contributed by atoms with Gasteiger partial charge in [-0.3, -0.25) is 20.3 Å². The number of nitrogens with zero attached hydrogens (tertiary/aromatic N) is 3. The summed E-state index contributed by atoms with van der Waals surface area (Å²) in [5, 5.41) is 15.5. The van der Waals surface area contributed by atoms with E-state index in [0.29, 0.717) is 38.7 Å². The second kappa shape index (κ2) is 6.95. The van der Waals surface area contributed by atoms with Crippen LogP contribution in [0.1, 0.15) is 17.3 Å². The smallest absolute Gasteiger partial charge is 0.288 e. The largest absolute Gasteiger partial charge is 0.379 e. The quantitative estimate of drug-likeness (QED) is 0.597. The van der Waals surface area contributed by atoms with Gasteiger partial charge in [0, 0.05) is 25.7 Å². The van der Waals surface area contributed by atoms with Crippen molar-refractivity contribution in [2.24, 2.45) is 0 Å². The molecule has 9 heteroatoms. The monoisotopic (exact) mass is 295 g/mol. The van der Waals surface area contributed by atoms with Gasteiger partial charge in [-0.25, -0.2) is 9.99 Å². The molecule has 9 nitrogen and oxygen atoms in total. The molecule has 0 radical (unpaired) electrons. The molecule has 0 atom stereocenters. The van der Waals surface area contributed by atoms with Gasteiger partial charge in [0.15, 0.2) is 0 Å². The average molecular weight is 295 g/mol. The highest BCUT2D eigenvalue weighted by Crippen LogP contribution is 2.19. The van der Waals surface area contributed by atoms with E-state index < -0.39 is 10.8 Å². The lowest BCUT2D eigenvalue weighted by atomic mass is 10.2. The summed E-state index contributed by atoms with van der Waals surface area (Å²) in [5.74, 6) is -0.0992. The van der Waals surface area contributed by atoms with Gasteiger partial charge in [0.05, 0.1) is 23.7 Å². The number of ether oxygens (including phenoxy) is 1. The maximum atomic E-state index is 12.3. The van der Waals surface area contributed by atoms with Crippen LogP contribution in [0.2, 0.25) is 0 Å².